The number of carbonyl (C=O) groups is 4. The number of aliphatic hydroxyl groups is 2. The van der Waals surface area contributed by atoms with Crippen LogP contribution in [0.15, 0.2) is 146 Å². The highest BCUT2D eigenvalue weighted by Crippen LogP contribution is 2.47. The number of H-pyrrole nitrogens is 2. The fraction of sp³-hybridized carbons (Fsp3) is 0.219. The lowest BCUT2D eigenvalue weighted by Crippen LogP contribution is -2.30. The van der Waals surface area contributed by atoms with Crippen molar-refractivity contribution in [2.24, 2.45) is 0 Å². The summed E-state index contributed by atoms with van der Waals surface area (Å²) in [6.45, 7) is 2.57. The molecule has 0 radical (unpaired) electrons. The van der Waals surface area contributed by atoms with Crippen molar-refractivity contribution in [3.63, 3.8) is 0 Å². The van der Waals surface area contributed by atoms with Gasteiger partial charge in [-0.05, 0) is 94.7 Å². The van der Waals surface area contributed by atoms with Crippen molar-refractivity contribution in [3.8, 4) is 23.0 Å². The molecule has 6 aromatic carbocycles. The summed E-state index contributed by atoms with van der Waals surface area (Å²) in [5.74, 6) is 1.05. The lowest BCUT2D eigenvalue weighted by molar-refractivity contribution is 0.0705. The van der Waals surface area contributed by atoms with Crippen LogP contribution in [-0.4, -0.2) is 142 Å². The normalized spacial score (nSPS) is 14.3. The van der Waals surface area contributed by atoms with Crippen LogP contribution >= 0.6 is 23.2 Å². The molecule has 22 heteroatoms. The predicted octanol–water partition coefficient (Wildman–Crippen LogP) is 10.1. The van der Waals surface area contributed by atoms with Crippen LogP contribution in [-0.2, 0) is 9.47 Å². The van der Waals surface area contributed by atoms with Gasteiger partial charge in [-0.15, -0.1) is 23.2 Å². The number of carbonyl (C=O) groups excluding carboxylic acids is 4. The number of aliphatic hydroxyl groups excluding tert-OH is 2. The topological polar surface area (TPSA) is 274 Å². The van der Waals surface area contributed by atoms with Gasteiger partial charge in [0.1, 0.15) is 59.1 Å². The molecule has 10 aromatic rings. The Balaban J connectivity index is 0.000000179. The largest absolute Gasteiger partial charge is 0.507 e. The van der Waals surface area contributed by atoms with Crippen molar-refractivity contribution in [3.05, 3.63) is 179 Å². The molecule has 6 heterocycles. The van der Waals surface area contributed by atoms with Crippen LogP contribution < -0.4 is 29.9 Å². The molecule has 12 rings (SSSR count). The number of phenolic OH excluding ortho intramolecular Hbond substituents is 2. The Hall–Kier alpha value is -9.28. The maximum absolute atomic E-state index is 13.7. The van der Waals surface area contributed by atoms with E-state index in [0.717, 1.165) is 32.7 Å². The number of aromatic amines is 2. The van der Waals surface area contributed by atoms with Gasteiger partial charge in [0.25, 0.3) is 23.6 Å². The summed E-state index contributed by atoms with van der Waals surface area (Å²) < 4.78 is 21.5. The van der Waals surface area contributed by atoms with Gasteiger partial charge in [0.05, 0.1) is 74.6 Å². The third-order valence-electron chi connectivity index (χ3n) is 14.8. The molecule has 4 aromatic heterocycles. The molecule has 2 aliphatic heterocycles. The lowest BCUT2D eigenvalue weighted by Gasteiger charge is -2.17. The minimum absolute atomic E-state index is 0.0391. The number of hydrogen-bond acceptors (Lipinski definition) is 14. The Labute approximate surface area is 501 Å². The van der Waals surface area contributed by atoms with Crippen LogP contribution in [0, 0.1) is 0 Å². The second-order valence-electron chi connectivity index (χ2n) is 20.3. The number of halogens is 2. The molecule has 86 heavy (non-hydrogen) atoms. The van der Waals surface area contributed by atoms with E-state index < -0.39 is 0 Å². The van der Waals surface area contributed by atoms with E-state index in [1.807, 2.05) is 48.5 Å². The van der Waals surface area contributed by atoms with Crippen LogP contribution in [0.2, 0.25) is 0 Å². The fourth-order valence-corrected chi connectivity index (χ4v) is 11.3. The standard InChI is InChI=1S/2C32H29ClN4O6/c33-16-21-18-37(27-15-28(39)24-3-1-2-4-25(24)29(21)27)32(41)26-14-20-13-22(17-34-30(20)36-26)35-31(40)19-5-7-23(8-6-19)43-12-11-42-10-9-38;33-16-21-18-37(27-15-28(39)23-3-1-2-4-24(23)30(21)27)32(41)25-13-20-14-29(34-17-26(20)35-25)36-31(40)19-5-7-22(8-6-19)43-12-11-42-10-9-38/h1-8,13-15,17,21,38-39H,9-12,16,18H2,(H,34,36)(H,35,40);1-8,13-15,17,21,35,38-39H,9-12,16,18H2,(H,34,36,40)/t2*21-/m11/s1. The zero-order chi connectivity index (χ0) is 59.8. The molecule has 0 saturated heterocycles. The quantitative estimate of drug-likeness (QED) is 0.0261. The first kappa shape index (κ1) is 58.5. The highest BCUT2D eigenvalue weighted by molar-refractivity contribution is 6.20. The van der Waals surface area contributed by atoms with Gasteiger partial charge >= 0.3 is 0 Å². The Bertz CT molecular complexity index is 3880. The molecule has 8 N–H and O–H groups in total. The number of nitrogens with one attached hydrogen (secondary N) is 4. The average molecular weight is 1200 g/mol. The number of pyridine rings is 2. The zero-order valence-corrected chi connectivity index (χ0v) is 47.6. The molecule has 0 unspecified atom stereocenters. The number of hydrogen-bond donors (Lipinski definition) is 8. The Morgan fingerprint density at radius 3 is 1.55 bits per heavy atom. The molecular weight excluding hydrogens is 1140 g/mol. The smallest absolute Gasteiger partial charge is 0.274 e. The minimum atomic E-state index is -0.343. The van der Waals surface area contributed by atoms with Crippen LogP contribution in [0.25, 0.3) is 43.5 Å². The maximum atomic E-state index is 13.7. The number of nitrogens with zero attached hydrogens (tertiary/aromatic N) is 4. The Morgan fingerprint density at radius 2 is 1.03 bits per heavy atom. The van der Waals surface area contributed by atoms with Gasteiger partial charge in [0.2, 0.25) is 0 Å². The third-order valence-corrected chi connectivity index (χ3v) is 15.5. The van der Waals surface area contributed by atoms with Crippen LogP contribution in [0.1, 0.15) is 64.7 Å². The molecule has 0 saturated carbocycles. The van der Waals surface area contributed by atoms with Crippen LogP contribution in [0.3, 0.4) is 0 Å². The summed E-state index contributed by atoms with van der Waals surface area (Å²) in [6, 6.07) is 38.6. The molecule has 2 atom stereocenters. The van der Waals surface area contributed by atoms with Crippen molar-refractivity contribution in [1.29, 1.82) is 0 Å². The van der Waals surface area contributed by atoms with E-state index in [2.05, 4.69) is 30.6 Å². The highest BCUT2D eigenvalue weighted by atomic mass is 35.5. The first-order valence-corrected chi connectivity index (χ1v) is 28.7. The molecule has 0 fully saturated rings. The number of fused-ring (bicyclic) bond motifs is 8. The molecule has 0 aliphatic carbocycles. The van der Waals surface area contributed by atoms with Gasteiger partial charge in [-0.1, -0.05) is 48.5 Å². The number of phenols is 2. The molecule has 2 aliphatic rings. The second-order valence-corrected chi connectivity index (χ2v) is 20.9. The first-order chi connectivity index (χ1) is 41.9. The van der Waals surface area contributed by atoms with E-state index in [1.54, 1.807) is 101 Å². The lowest BCUT2D eigenvalue weighted by atomic mass is 9.95. The SMILES string of the molecule is O=C(Nc1cc2cc(C(=O)N3C[C@@H](CCl)c4c3cc(O)c3ccccc43)[nH]c2cn1)c1ccc(OCCOCCO)cc1.O=C(Nc1cnc2[nH]c(C(=O)N3C[C@@H](CCl)c4c3cc(O)c3ccccc43)cc2c1)c1ccc(OCCOCCO)cc1. The fourth-order valence-electron chi connectivity index (χ4n) is 10.8. The first-order valence-electron chi connectivity index (χ1n) is 27.6. The van der Waals surface area contributed by atoms with E-state index in [4.69, 9.17) is 52.4 Å². The Kier molecular flexibility index (Phi) is 17.9. The molecule has 0 spiro atoms. The van der Waals surface area contributed by atoms with E-state index >= 15 is 0 Å². The van der Waals surface area contributed by atoms with Gasteiger partial charge in [-0.25, -0.2) is 9.97 Å². The third kappa shape index (κ3) is 12.4. The summed E-state index contributed by atoms with van der Waals surface area (Å²) in [5.41, 5.74) is 6.33. The van der Waals surface area contributed by atoms with Crippen LogP contribution in [0.5, 0.6) is 23.0 Å². The molecular formula is C64H58Cl2N8O12. The number of aromatic hydroxyl groups is 2. The van der Waals surface area contributed by atoms with Gasteiger partial charge in [-0.2, -0.15) is 0 Å². The molecule has 20 nitrogen and oxygen atoms in total. The highest BCUT2D eigenvalue weighted by Gasteiger charge is 2.37. The number of aromatic nitrogens is 4. The Morgan fingerprint density at radius 1 is 0.547 bits per heavy atom. The van der Waals surface area contributed by atoms with Gasteiger partial charge in [0, 0.05) is 81.5 Å². The van der Waals surface area contributed by atoms with Gasteiger partial charge in [-0.3, -0.25) is 19.2 Å². The summed E-state index contributed by atoms with van der Waals surface area (Å²) in [6.07, 6.45) is 3.09. The van der Waals surface area contributed by atoms with E-state index in [-0.39, 0.29) is 73.4 Å². The van der Waals surface area contributed by atoms with Crippen LogP contribution in [0.4, 0.5) is 22.9 Å². The number of ether oxygens (including phenoxy) is 4. The minimum Gasteiger partial charge on any atom is -0.507 e. The molecule has 440 valence electrons. The van der Waals surface area contributed by atoms with E-state index in [9.17, 15) is 29.4 Å². The maximum Gasteiger partial charge on any atom is 0.274 e. The molecule has 0 bridgehead atoms. The summed E-state index contributed by atoms with van der Waals surface area (Å²) in [5, 5.41) is 49.1. The number of alkyl halides is 2. The summed E-state index contributed by atoms with van der Waals surface area (Å²) in [7, 11) is 0. The van der Waals surface area contributed by atoms with Crippen molar-refractivity contribution >= 4 is 113 Å². The number of benzene rings is 6. The number of anilines is 4. The van der Waals surface area contributed by atoms with E-state index in [1.165, 1.54) is 6.20 Å². The van der Waals surface area contributed by atoms with Gasteiger partial charge in [0.15, 0.2) is 0 Å². The van der Waals surface area contributed by atoms with Crippen molar-refractivity contribution in [2.45, 2.75) is 11.8 Å². The van der Waals surface area contributed by atoms with Crippen molar-refractivity contribution in [2.75, 3.05) is 98.1 Å². The van der Waals surface area contributed by atoms with Gasteiger partial charge < -0.3 is 69.8 Å². The number of amides is 4. The van der Waals surface area contributed by atoms with Crippen molar-refractivity contribution < 1.29 is 58.6 Å². The predicted molar refractivity (Wildman–Crippen MR) is 329 cm³/mol. The zero-order valence-electron chi connectivity index (χ0n) is 46.1. The number of rotatable bonds is 20. The monoisotopic (exact) mass is 1200 g/mol. The summed E-state index contributed by atoms with van der Waals surface area (Å²) >= 11 is 12.7. The van der Waals surface area contributed by atoms with Crippen molar-refractivity contribution in [1.82, 2.24) is 19.9 Å². The average Bonchev–Trinajstić information content (AvgIpc) is 1.81. The second kappa shape index (κ2) is 26.3. The molecule has 4 amide bonds. The summed E-state index contributed by atoms with van der Waals surface area (Å²) in [4.78, 5) is 71.4. The van der Waals surface area contributed by atoms with E-state index in [0.29, 0.717) is 130 Å².